The fourth-order valence-electron chi connectivity index (χ4n) is 6.44. The molecule has 1 saturated carbocycles. The van der Waals surface area contributed by atoms with Crippen LogP contribution in [0.2, 0.25) is 0 Å². The molecule has 2 atom stereocenters. The molecule has 2 fully saturated rings. The Balaban J connectivity index is 1.25. The van der Waals surface area contributed by atoms with Crippen LogP contribution in [0, 0.1) is 23.2 Å². The predicted octanol–water partition coefficient (Wildman–Crippen LogP) is 5.83. The van der Waals surface area contributed by atoms with Gasteiger partial charge in [0.1, 0.15) is 0 Å². The van der Waals surface area contributed by atoms with Crippen LogP contribution in [0.25, 0.3) is 0 Å². The third kappa shape index (κ3) is 5.91. The van der Waals surface area contributed by atoms with E-state index in [4.69, 9.17) is 0 Å². The van der Waals surface area contributed by atoms with Crippen LogP contribution in [0.3, 0.4) is 0 Å². The number of hydrogen-bond donors (Lipinski definition) is 1. The first-order valence-corrected chi connectivity index (χ1v) is 14.2. The molecule has 3 aromatic carbocycles. The molecule has 0 bridgehead atoms. The topological polar surface area (TPSA) is 73.2 Å². The smallest absolute Gasteiger partial charge is 0.226 e. The maximum absolute atomic E-state index is 13.7. The summed E-state index contributed by atoms with van der Waals surface area (Å²) in [6.07, 6.45) is 4.67. The lowest BCUT2D eigenvalue weighted by molar-refractivity contribution is -0.144. The molecule has 5 nitrogen and oxygen atoms in total. The fourth-order valence-corrected chi connectivity index (χ4v) is 6.44. The van der Waals surface area contributed by atoms with Gasteiger partial charge in [-0.2, -0.15) is 5.26 Å². The van der Waals surface area contributed by atoms with Crippen molar-refractivity contribution in [3.63, 3.8) is 0 Å². The standard InChI is InChI=1S/C34H37N3O2/c35-25-34(28-16-8-3-9-17-28)20-22-37(23-21-34)33(39)30-19-11-10-18-29(30)32(38)36-24-31(26-12-4-1-5-13-26)27-14-6-2-7-15-27/h1-9,12-17,29-31H,10-11,18-24H2,(H,36,38). The van der Waals surface area contributed by atoms with Gasteiger partial charge >= 0.3 is 0 Å². The molecule has 0 spiro atoms. The first-order valence-electron chi connectivity index (χ1n) is 14.2. The third-order valence-corrected chi connectivity index (χ3v) is 8.77. The number of nitrogens with one attached hydrogen (secondary N) is 1. The van der Waals surface area contributed by atoms with Gasteiger partial charge in [-0.15, -0.1) is 0 Å². The van der Waals surface area contributed by atoms with Crippen LogP contribution in [0.5, 0.6) is 0 Å². The van der Waals surface area contributed by atoms with Crippen molar-refractivity contribution in [3.05, 3.63) is 108 Å². The highest BCUT2D eigenvalue weighted by atomic mass is 16.2. The lowest BCUT2D eigenvalue weighted by Gasteiger charge is -2.40. The first kappa shape index (κ1) is 26.7. The summed E-state index contributed by atoms with van der Waals surface area (Å²) in [5.41, 5.74) is 2.80. The number of nitriles is 1. The number of hydrogen-bond acceptors (Lipinski definition) is 3. The van der Waals surface area contributed by atoms with Gasteiger partial charge in [-0.1, -0.05) is 104 Å². The van der Waals surface area contributed by atoms with Crippen molar-refractivity contribution in [2.24, 2.45) is 11.8 Å². The van der Waals surface area contributed by atoms with Gasteiger partial charge in [0.25, 0.3) is 0 Å². The second kappa shape index (κ2) is 12.3. The Morgan fingerprint density at radius 3 is 1.87 bits per heavy atom. The molecule has 1 saturated heterocycles. The summed E-state index contributed by atoms with van der Waals surface area (Å²) in [6.45, 7) is 1.60. The highest BCUT2D eigenvalue weighted by molar-refractivity contribution is 5.88. The molecule has 1 N–H and O–H groups in total. The Morgan fingerprint density at radius 1 is 0.821 bits per heavy atom. The van der Waals surface area contributed by atoms with Gasteiger partial charge in [0.15, 0.2) is 0 Å². The Labute approximate surface area is 231 Å². The van der Waals surface area contributed by atoms with Crippen molar-refractivity contribution >= 4 is 11.8 Å². The number of carbonyl (C=O) groups is 2. The number of rotatable bonds is 7. The van der Waals surface area contributed by atoms with Gasteiger partial charge < -0.3 is 10.2 Å². The fraction of sp³-hybridized carbons (Fsp3) is 0.382. The summed E-state index contributed by atoms with van der Waals surface area (Å²) >= 11 is 0. The van der Waals surface area contributed by atoms with Crippen LogP contribution in [0.1, 0.15) is 61.1 Å². The van der Waals surface area contributed by atoms with Gasteiger partial charge in [0.2, 0.25) is 11.8 Å². The highest BCUT2D eigenvalue weighted by Gasteiger charge is 2.42. The number of piperidine rings is 1. The molecule has 0 aromatic heterocycles. The molecule has 1 aliphatic carbocycles. The molecule has 5 heteroatoms. The molecule has 1 heterocycles. The predicted molar refractivity (Wildman–Crippen MR) is 153 cm³/mol. The average Bonchev–Trinajstić information content (AvgIpc) is 3.02. The molecular formula is C34H37N3O2. The molecule has 2 amide bonds. The summed E-state index contributed by atoms with van der Waals surface area (Å²) in [4.78, 5) is 29.2. The molecule has 39 heavy (non-hydrogen) atoms. The van der Waals surface area contributed by atoms with Crippen LogP contribution < -0.4 is 5.32 Å². The maximum atomic E-state index is 13.7. The number of carbonyl (C=O) groups excluding carboxylic acids is 2. The second-order valence-corrected chi connectivity index (χ2v) is 11.0. The first-order chi connectivity index (χ1) is 19.1. The normalized spacial score (nSPS) is 20.7. The van der Waals surface area contributed by atoms with E-state index in [2.05, 4.69) is 35.7 Å². The van der Waals surface area contributed by atoms with E-state index in [0.717, 1.165) is 42.4 Å². The van der Waals surface area contributed by atoms with E-state index in [1.54, 1.807) is 0 Å². The number of amides is 2. The zero-order chi connectivity index (χ0) is 27.1. The number of benzene rings is 3. The van der Waals surface area contributed by atoms with Crippen molar-refractivity contribution in [1.29, 1.82) is 5.26 Å². The van der Waals surface area contributed by atoms with Crippen molar-refractivity contribution in [1.82, 2.24) is 10.2 Å². The van der Waals surface area contributed by atoms with Gasteiger partial charge in [-0.25, -0.2) is 0 Å². The lowest BCUT2D eigenvalue weighted by Crippen LogP contribution is -2.50. The van der Waals surface area contributed by atoms with E-state index in [0.29, 0.717) is 32.5 Å². The van der Waals surface area contributed by atoms with E-state index in [1.807, 2.05) is 71.6 Å². The third-order valence-electron chi connectivity index (χ3n) is 8.77. The summed E-state index contributed by atoms with van der Waals surface area (Å²) in [7, 11) is 0. The second-order valence-electron chi connectivity index (χ2n) is 11.0. The summed E-state index contributed by atoms with van der Waals surface area (Å²) in [6, 6.07) is 33.0. The Kier molecular flexibility index (Phi) is 8.42. The minimum atomic E-state index is -0.550. The van der Waals surface area contributed by atoms with Crippen LogP contribution in [-0.2, 0) is 15.0 Å². The molecular weight excluding hydrogens is 482 g/mol. The highest BCUT2D eigenvalue weighted by Crippen LogP contribution is 2.37. The zero-order valence-corrected chi connectivity index (χ0v) is 22.5. The van der Waals surface area contributed by atoms with E-state index < -0.39 is 5.41 Å². The van der Waals surface area contributed by atoms with Gasteiger partial charge in [-0.05, 0) is 42.4 Å². The van der Waals surface area contributed by atoms with Crippen LogP contribution in [0.15, 0.2) is 91.0 Å². The summed E-state index contributed by atoms with van der Waals surface area (Å²) < 4.78 is 0. The Morgan fingerprint density at radius 2 is 1.33 bits per heavy atom. The van der Waals surface area contributed by atoms with Gasteiger partial charge in [0, 0.05) is 37.4 Å². The minimum Gasteiger partial charge on any atom is -0.355 e. The van der Waals surface area contributed by atoms with Crippen molar-refractivity contribution in [2.45, 2.75) is 49.9 Å². The van der Waals surface area contributed by atoms with E-state index in [-0.39, 0.29) is 29.6 Å². The van der Waals surface area contributed by atoms with Crippen LogP contribution >= 0.6 is 0 Å². The summed E-state index contributed by atoms with van der Waals surface area (Å²) in [5, 5.41) is 13.3. The zero-order valence-electron chi connectivity index (χ0n) is 22.5. The molecule has 2 aliphatic rings. The number of likely N-dealkylation sites (tertiary alicyclic amines) is 1. The minimum absolute atomic E-state index is 0.0161. The Bertz CT molecular complexity index is 1240. The van der Waals surface area contributed by atoms with E-state index in [9.17, 15) is 14.9 Å². The molecule has 200 valence electrons. The quantitative estimate of drug-likeness (QED) is 0.427. The largest absolute Gasteiger partial charge is 0.355 e. The average molecular weight is 520 g/mol. The number of nitrogens with zero attached hydrogens (tertiary/aromatic N) is 2. The Hall–Kier alpha value is -3.91. The van der Waals surface area contributed by atoms with Crippen molar-refractivity contribution in [3.8, 4) is 6.07 Å². The van der Waals surface area contributed by atoms with Crippen LogP contribution in [-0.4, -0.2) is 36.3 Å². The maximum Gasteiger partial charge on any atom is 0.226 e. The van der Waals surface area contributed by atoms with Crippen molar-refractivity contribution < 1.29 is 9.59 Å². The lowest BCUT2D eigenvalue weighted by atomic mass is 9.73. The van der Waals surface area contributed by atoms with E-state index in [1.165, 1.54) is 0 Å². The molecule has 0 radical (unpaired) electrons. The monoisotopic (exact) mass is 519 g/mol. The summed E-state index contributed by atoms with van der Waals surface area (Å²) in [5.74, 6) is -0.491. The molecule has 3 aromatic rings. The van der Waals surface area contributed by atoms with Gasteiger partial charge in [-0.3, -0.25) is 9.59 Å². The molecule has 1 aliphatic heterocycles. The molecule has 5 rings (SSSR count). The van der Waals surface area contributed by atoms with Gasteiger partial charge in [0.05, 0.1) is 11.5 Å². The van der Waals surface area contributed by atoms with Crippen LogP contribution in [0.4, 0.5) is 0 Å². The molecule has 2 unspecified atom stereocenters. The van der Waals surface area contributed by atoms with E-state index >= 15 is 0 Å². The van der Waals surface area contributed by atoms with Crippen molar-refractivity contribution in [2.75, 3.05) is 19.6 Å². The SMILES string of the molecule is N#CC1(c2ccccc2)CCN(C(=O)C2CCCCC2C(=O)NCC(c2ccccc2)c2ccccc2)CC1.